The Morgan fingerprint density at radius 2 is 1.52 bits per heavy atom. The van der Waals surface area contributed by atoms with Gasteiger partial charge in [-0.15, -0.1) is 0 Å². The SMILES string of the molecule is c1ccc2c(N3CCC(OC4CCCCC4)CC3)nc(-c3ccncc3)nc2c1. The molecule has 1 aliphatic carbocycles. The first-order valence-electron chi connectivity index (χ1n) is 10.9. The molecular weight excluding hydrogens is 360 g/mol. The van der Waals surface area contributed by atoms with Crippen molar-refractivity contribution >= 4 is 16.7 Å². The third-order valence-corrected chi connectivity index (χ3v) is 6.20. The van der Waals surface area contributed by atoms with Crippen LogP contribution < -0.4 is 4.90 Å². The fraction of sp³-hybridized carbons (Fsp3) is 0.458. The third-order valence-electron chi connectivity index (χ3n) is 6.20. The van der Waals surface area contributed by atoms with Crippen molar-refractivity contribution in [3.05, 3.63) is 48.8 Å². The van der Waals surface area contributed by atoms with Gasteiger partial charge in [-0.3, -0.25) is 4.98 Å². The molecule has 29 heavy (non-hydrogen) atoms. The Balaban J connectivity index is 1.37. The molecular formula is C24H28N4O. The van der Waals surface area contributed by atoms with E-state index in [4.69, 9.17) is 14.7 Å². The standard InChI is InChI=1S/C24H28N4O/c1-2-6-19(7-3-1)29-20-12-16-28(17-13-20)24-21-8-4-5-9-22(21)26-23(27-24)18-10-14-25-15-11-18/h4-5,8-11,14-15,19-20H,1-3,6-7,12-13,16-17H2. The fourth-order valence-corrected chi connectivity index (χ4v) is 4.61. The maximum atomic E-state index is 6.43. The molecule has 2 fully saturated rings. The molecule has 1 saturated heterocycles. The zero-order valence-electron chi connectivity index (χ0n) is 16.8. The quantitative estimate of drug-likeness (QED) is 0.629. The topological polar surface area (TPSA) is 51.1 Å². The normalized spacial score (nSPS) is 19.0. The van der Waals surface area contributed by atoms with Crippen molar-refractivity contribution in [3.63, 3.8) is 0 Å². The molecule has 1 aliphatic heterocycles. The largest absolute Gasteiger partial charge is 0.375 e. The van der Waals surface area contributed by atoms with E-state index in [1.165, 1.54) is 32.1 Å². The molecule has 3 aromatic rings. The van der Waals surface area contributed by atoms with Gasteiger partial charge in [-0.1, -0.05) is 31.4 Å². The summed E-state index contributed by atoms with van der Waals surface area (Å²) in [6.45, 7) is 1.96. The maximum Gasteiger partial charge on any atom is 0.162 e. The van der Waals surface area contributed by atoms with Crippen molar-refractivity contribution in [1.29, 1.82) is 0 Å². The molecule has 2 aromatic heterocycles. The van der Waals surface area contributed by atoms with Crippen LogP contribution in [0, 0.1) is 0 Å². The van der Waals surface area contributed by atoms with E-state index in [0.717, 1.165) is 54.0 Å². The summed E-state index contributed by atoms with van der Waals surface area (Å²) in [6.07, 6.45) is 13.1. The van der Waals surface area contributed by atoms with Crippen LogP contribution in [-0.4, -0.2) is 40.2 Å². The minimum Gasteiger partial charge on any atom is -0.375 e. The molecule has 0 radical (unpaired) electrons. The minimum atomic E-state index is 0.391. The summed E-state index contributed by atoms with van der Waals surface area (Å²) in [5.41, 5.74) is 1.99. The van der Waals surface area contributed by atoms with Crippen molar-refractivity contribution in [2.75, 3.05) is 18.0 Å². The Hall–Kier alpha value is -2.53. The lowest BCUT2D eigenvalue weighted by atomic mass is 9.97. The van der Waals surface area contributed by atoms with Crippen LogP contribution in [0.2, 0.25) is 0 Å². The molecule has 1 saturated carbocycles. The predicted octanol–water partition coefficient (Wildman–Crippen LogP) is 5.01. The van der Waals surface area contributed by atoms with Crippen molar-refractivity contribution < 1.29 is 4.74 Å². The number of nitrogens with zero attached hydrogens (tertiary/aromatic N) is 4. The molecule has 5 heteroatoms. The molecule has 5 rings (SSSR count). The van der Waals surface area contributed by atoms with E-state index in [2.05, 4.69) is 28.1 Å². The van der Waals surface area contributed by atoms with Gasteiger partial charge in [0.1, 0.15) is 5.82 Å². The average molecular weight is 389 g/mol. The second-order valence-electron chi connectivity index (χ2n) is 8.21. The third kappa shape index (κ3) is 4.10. The molecule has 5 nitrogen and oxygen atoms in total. The lowest BCUT2D eigenvalue weighted by Gasteiger charge is -2.36. The van der Waals surface area contributed by atoms with E-state index < -0.39 is 0 Å². The Kier molecular flexibility index (Phi) is 5.39. The summed E-state index contributed by atoms with van der Waals surface area (Å²) < 4.78 is 6.43. The van der Waals surface area contributed by atoms with E-state index in [-0.39, 0.29) is 0 Å². The van der Waals surface area contributed by atoms with Crippen molar-refractivity contribution in [2.24, 2.45) is 0 Å². The molecule has 2 aliphatic rings. The second kappa shape index (κ2) is 8.46. The van der Waals surface area contributed by atoms with Crippen LogP contribution in [0.3, 0.4) is 0 Å². The lowest BCUT2D eigenvalue weighted by Crippen LogP contribution is -2.39. The van der Waals surface area contributed by atoms with Gasteiger partial charge in [-0.2, -0.15) is 0 Å². The van der Waals surface area contributed by atoms with E-state index in [0.29, 0.717) is 12.2 Å². The molecule has 0 N–H and O–H groups in total. The molecule has 0 amide bonds. The summed E-state index contributed by atoms with van der Waals surface area (Å²) in [4.78, 5) is 16.3. The van der Waals surface area contributed by atoms with Gasteiger partial charge in [0.15, 0.2) is 5.82 Å². The van der Waals surface area contributed by atoms with Crippen LogP contribution in [0.25, 0.3) is 22.3 Å². The molecule has 0 atom stereocenters. The van der Waals surface area contributed by atoms with E-state index >= 15 is 0 Å². The first-order chi connectivity index (χ1) is 14.4. The maximum absolute atomic E-state index is 6.43. The smallest absolute Gasteiger partial charge is 0.162 e. The summed E-state index contributed by atoms with van der Waals surface area (Å²) >= 11 is 0. The number of hydrogen-bond acceptors (Lipinski definition) is 5. The number of benzene rings is 1. The molecule has 0 spiro atoms. The van der Waals surface area contributed by atoms with Crippen LogP contribution in [0.4, 0.5) is 5.82 Å². The highest BCUT2D eigenvalue weighted by Gasteiger charge is 2.26. The zero-order chi connectivity index (χ0) is 19.5. The van der Waals surface area contributed by atoms with Crippen LogP contribution in [-0.2, 0) is 4.74 Å². The van der Waals surface area contributed by atoms with Crippen LogP contribution >= 0.6 is 0 Å². The van der Waals surface area contributed by atoms with Gasteiger partial charge in [0, 0.05) is 36.4 Å². The number of fused-ring (bicyclic) bond motifs is 1. The van der Waals surface area contributed by atoms with Crippen LogP contribution in [0.15, 0.2) is 48.8 Å². The molecule has 0 unspecified atom stereocenters. The number of anilines is 1. The summed E-state index contributed by atoms with van der Waals surface area (Å²) in [5.74, 6) is 1.81. The summed E-state index contributed by atoms with van der Waals surface area (Å²) in [5, 5.41) is 1.12. The van der Waals surface area contributed by atoms with Gasteiger partial charge in [0.25, 0.3) is 0 Å². The number of rotatable bonds is 4. The van der Waals surface area contributed by atoms with Gasteiger partial charge in [-0.25, -0.2) is 9.97 Å². The van der Waals surface area contributed by atoms with Gasteiger partial charge in [0.2, 0.25) is 0 Å². The molecule has 1 aromatic carbocycles. The molecule has 0 bridgehead atoms. The number of aromatic nitrogens is 3. The number of para-hydroxylation sites is 1. The van der Waals surface area contributed by atoms with Crippen molar-refractivity contribution in [3.8, 4) is 11.4 Å². The highest BCUT2D eigenvalue weighted by atomic mass is 16.5. The van der Waals surface area contributed by atoms with Crippen LogP contribution in [0.5, 0.6) is 0 Å². The van der Waals surface area contributed by atoms with E-state index in [1.807, 2.05) is 18.2 Å². The lowest BCUT2D eigenvalue weighted by molar-refractivity contribution is -0.0395. The second-order valence-corrected chi connectivity index (χ2v) is 8.21. The van der Waals surface area contributed by atoms with Crippen molar-refractivity contribution in [1.82, 2.24) is 15.0 Å². The highest BCUT2D eigenvalue weighted by Crippen LogP contribution is 2.31. The molecule has 150 valence electrons. The average Bonchev–Trinajstić information content (AvgIpc) is 2.80. The Morgan fingerprint density at radius 1 is 0.793 bits per heavy atom. The molecule has 3 heterocycles. The number of pyridine rings is 1. The Bertz CT molecular complexity index is 948. The van der Waals surface area contributed by atoms with E-state index in [9.17, 15) is 0 Å². The fourth-order valence-electron chi connectivity index (χ4n) is 4.61. The Morgan fingerprint density at radius 3 is 2.31 bits per heavy atom. The Labute approximate surface area is 172 Å². The zero-order valence-corrected chi connectivity index (χ0v) is 16.8. The van der Waals surface area contributed by atoms with Gasteiger partial charge in [0.05, 0.1) is 17.7 Å². The first-order valence-corrected chi connectivity index (χ1v) is 10.9. The first kappa shape index (κ1) is 18.5. The van der Waals surface area contributed by atoms with Gasteiger partial charge in [-0.05, 0) is 49.9 Å². The predicted molar refractivity (Wildman–Crippen MR) is 116 cm³/mol. The van der Waals surface area contributed by atoms with Crippen molar-refractivity contribution in [2.45, 2.75) is 57.2 Å². The van der Waals surface area contributed by atoms with Gasteiger partial charge >= 0.3 is 0 Å². The number of piperidine rings is 1. The van der Waals surface area contributed by atoms with Crippen LogP contribution in [0.1, 0.15) is 44.9 Å². The van der Waals surface area contributed by atoms with E-state index in [1.54, 1.807) is 12.4 Å². The van der Waals surface area contributed by atoms with Gasteiger partial charge < -0.3 is 9.64 Å². The monoisotopic (exact) mass is 388 g/mol. The summed E-state index contributed by atoms with van der Waals surface area (Å²) in [6, 6.07) is 12.3. The summed E-state index contributed by atoms with van der Waals surface area (Å²) in [7, 11) is 0. The number of hydrogen-bond donors (Lipinski definition) is 0. The minimum absolute atomic E-state index is 0.391. The number of ether oxygens (including phenoxy) is 1. The highest BCUT2D eigenvalue weighted by molar-refractivity contribution is 5.91.